The van der Waals surface area contributed by atoms with Crippen molar-refractivity contribution in [1.29, 1.82) is 0 Å². The van der Waals surface area contributed by atoms with Crippen LogP contribution in [0.25, 0.3) is 0 Å². The van der Waals surface area contributed by atoms with Gasteiger partial charge in [-0.2, -0.15) is 0 Å². The second kappa shape index (κ2) is 13.0. The van der Waals surface area contributed by atoms with Gasteiger partial charge in [0.05, 0.1) is 12.6 Å². The van der Waals surface area contributed by atoms with E-state index in [0.717, 1.165) is 37.7 Å². The molecule has 0 spiro atoms. The van der Waals surface area contributed by atoms with E-state index in [1.54, 1.807) is 0 Å². The van der Waals surface area contributed by atoms with Gasteiger partial charge in [0.25, 0.3) is 0 Å². The van der Waals surface area contributed by atoms with Crippen LogP contribution in [0.15, 0.2) is 59.6 Å². The number of aliphatic hydroxyl groups is 1. The van der Waals surface area contributed by atoms with Gasteiger partial charge in [-0.3, -0.25) is 4.90 Å². The molecule has 0 aromatic heterocycles. The van der Waals surface area contributed by atoms with Crippen molar-refractivity contribution in [2.75, 3.05) is 26.2 Å². The Labute approximate surface area is 175 Å². The second-order valence-electron chi connectivity index (χ2n) is 7.11. The van der Waals surface area contributed by atoms with E-state index in [0.29, 0.717) is 19.5 Å². The highest BCUT2D eigenvalue weighted by atomic mass is 16.3. The topological polar surface area (TPSA) is 59.9 Å². The lowest BCUT2D eigenvalue weighted by Gasteiger charge is -2.18. The van der Waals surface area contributed by atoms with Gasteiger partial charge < -0.3 is 15.7 Å². The minimum Gasteiger partial charge on any atom is -0.388 e. The van der Waals surface area contributed by atoms with Gasteiger partial charge in [-0.15, -0.1) is 0 Å². The molecule has 0 aliphatic carbocycles. The minimum absolute atomic E-state index is 0.468. The summed E-state index contributed by atoms with van der Waals surface area (Å²) in [4.78, 5) is 7.09. The molecule has 0 fully saturated rings. The molecule has 2 aromatic carbocycles. The Morgan fingerprint density at radius 1 is 0.931 bits per heavy atom. The van der Waals surface area contributed by atoms with Crippen molar-refractivity contribution in [3.63, 3.8) is 0 Å². The molecule has 0 bridgehead atoms. The first-order valence-electron chi connectivity index (χ1n) is 10.7. The third-order valence-corrected chi connectivity index (χ3v) is 4.98. The van der Waals surface area contributed by atoms with Crippen LogP contribution in [0.3, 0.4) is 0 Å². The van der Waals surface area contributed by atoms with Crippen LogP contribution in [0.5, 0.6) is 0 Å². The number of nitrogens with one attached hydrogen (secondary N) is 2. The zero-order valence-corrected chi connectivity index (χ0v) is 18.1. The number of aliphatic imine (C=N–C) groups is 1. The fraction of sp³-hybridized carbons (Fsp3) is 0.458. The molecule has 5 nitrogen and oxygen atoms in total. The van der Waals surface area contributed by atoms with Crippen LogP contribution in [-0.2, 0) is 13.1 Å². The molecule has 2 aromatic rings. The highest BCUT2D eigenvalue weighted by Crippen LogP contribution is 2.14. The van der Waals surface area contributed by atoms with Crippen molar-refractivity contribution in [3.8, 4) is 0 Å². The maximum Gasteiger partial charge on any atom is 0.191 e. The summed E-state index contributed by atoms with van der Waals surface area (Å²) in [6, 6.07) is 18.5. The van der Waals surface area contributed by atoms with Gasteiger partial charge in [0.15, 0.2) is 5.96 Å². The van der Waals surface area contributed by atoms with Gasteiger partial charge in [-0.05, 0) is 43.1 Å². The molecule has 0 saturated heterocycles. The van der Waals surface area contributed by atoms with E-state index in [1.165, 1.54) is 11.1 Å². The van der Waals surface area contributed by atoms with E-state index in [9.17, 15) is 5.11 Å². The molecular formula is C24H36N4O. The first kappa shape index (κ1) is 22.9. The summed E-state index contributed by atoms with van der Waals surface area (Å²) in [5, 5.41) is 16.9. The van der Waals surface area contributed by atoms with E-state index >= 15 is 0 Å². The Kier molecular flexibility index (Phi) is 10.2. The van der Waals surface area contributed by atoms with Crippen molar-refractivity contribution in [2.24, 2.45) is 4.99 Å². The summed E-state index contributed by atoms with van der Waals surface area (Å²) >= 11 is 0. The fourth-order valence-electron chi connectivity index (χ4n) is 3.14. The Bertz CT molecular complexity index is 711. The van der Waals surface area contributed by atoms with E-state index in [4.69, 9.17) is 0 Å². The lowest BCUT2D eigenvalue weighted by molar-refractivity contribution is 0.168. The molecule has 29 heavy (non-hydrogen) atoms. The average Bonchev–Trinajstić information content (AvgIpc) is 2.77. The maximum absolute atomic E-state index is 10.3. The van der Waals surface area contributed by atoms with Gasteiger partial charge in [-0.25, -0.2) is 4.99 Å². The molecule has 5 heteroatoms. The SMILES string of the molecule is CCNC(=NCc1ccc(CN(CC)CC)cc1)NCCC(O)c1ccccc1. The second-order valence-corrected chi connectivity index (χ2v) is 7.11. The molecule has 2 rings (SSSR count). The molecule has 0 saturated carbocycles. The van der Waals surface area contributed by atoms with Crippen LogP contribution in [0, 0.1) is 0 Å². The number of guanidine groups is 1. The Balaban J connectivity index is 1.84. The average molecular weight is 397 g/mol. The third kappa shape index (κ3) is 8.26. The smallest absolute Gasteiger partial charge is 0.191 e. The molecule has 0 radical (unpaired) electrons. The van der Waals surface area contributed by atoms with Crippen LogP contribution in [0.2, 0.25) is 0 Å². The summed E-state index contributed by atoms with van der Waals surface area (Å²) in [5.41, 5.74) is 3.47. The number of hydrogen-bond acceptors (Lipinski definition) is 3. The predicted molar refractivity (Wildman–Crippen MR) is 122 cm³/mol. The fourth-order valence-corrected chi connectivity index (χ4v) is 3.14. The molecule has 0 aliphatic heterocycles. The molecule has 158 valence electrons. The first-order valence-corrected chi connectivity index (χ1v) is 10.7. The summed E-state index contributed by atoms with van der Waals surface area (Å²) < 4.78 is 0. The molecule has 0 aliphatic rings. The summed E-state index contributed by atoms with van der Waals surface area (Å²) in [7, 11) is 0. The quantitative estimate of drug-likeness (QED) is 0.400. The van der Waals surface area contributed by atoms with Crippen molar-refractivity contribution >= 4 is 5.96 Å². The number of nitrogens with zero attached hydrogens (tertiary/aromatic N) is 2. The highest BCUT2D eigenvalue weighted by molar-refractivity contribution is 5.79. The van der Waals surface area contributed by atoms with Crippen molar-refractivity contribution in [1.82, 2.24) is 15.5 Å². The monoisotopic (exact) mass is 396 g/mol. The Morgan fingerprint density at radius 3 is 2.21 bits per heavy atom. The van der Waals surface area contributed by atoms with E-state index < -0.39 is 6.10 Å². The van der Waals surface area contributed by atoms with Crippen LogP contribution in [0.4, 0.5) is 0 Å². The highest BCUT2D eigenvalue weighted by Gasteiger charge is 2.07. The number of hydrogen-bond donors (Lipinski definition) is 3. The van der Waals surface area contributed by atoms with Crippen molar-refractivity contribution in [3.05, 3.63) is 71.3 Å². The number of benzene rings is 2. The molecule has 3 N–H and O–H groups in total. The van der Waals surface area contributed by atoms with Crippen LogP contribution in [-0.4, -0.2) is 42.1 Å². The number of rotatable bonds is 11. The molecule has 0 heterocycles. The first-order chi connectivity index (χ1) is 14.2. The van der Waals surface area contributed by atoms with Crippen LogP contribution in [0.1, 0.15) is 50.0 Å². The van der Waals surface area contributed by atoms with Crippen LogP contribution >= 0.6 is 0 Å². The molecule has 1 unspecified atom stereocenters. The lowest BCUT2D eigenvalue weighted by atomic mass is 10.1. The van der Waals surface area contributed by atoms with Crippen LogP contribution < -0.4 is 10.6 Å². The Hall–Kier alpha value is -2.37. The number of aliphatic hydroxyl groups excluding tert-OH is 1. The standard InChI is InChI=1S/C24H36N4O/c1-4-25-24(26-17-16-23(29)22-10-8-7-9-11-22)27-18-20-12-14-21(15-13-20)19-28(5-2)6-3/h7-15,23,29H,4-6,16-19H2,1-3H3,(H2,25,26,27). The van der Waals surface area contributed by atoms with E-state index in [-0.39, 0.29) is 0 Å². The zero-order chi connectivity index (χ0) is 20.9. The lowest BCUT2D eigenvalue weighted by Crippen LogP contribution is -2.38. The summed E-state index contributed by atoms with van der Waals surface area (Å²) in [6.45, 7) is 11.7. The zero-order valence-electron chi connectivity index (χ0n) is 18.1. The van der Waals surface area contributed by atoms with Gasteiger partial charge in [0.2, 0.25) is 0 Å². The van der Waals surface area contributed by atoms with Gasteiger partial charge in [0, 0.05) is 19.6 Å². The van der Waals surface area contributed by atoms with Crippen molar-refractivity contribution in [2.45, 2.75) is 46.4 Å². The van der Waals surface area contributed by atoms with Gasteiger partial charge in [0.1, 0.15) is 0 Å². The third-order valence-electron chi connectivity index (χ3n) is 4.98. The predicted octanol–water partition coefficient (Wildman–Crippen LogP) is 3.71. The Morgan fingerprint density at radius 2 is 1.59 bits per heavy atom. The van der Waals surface area contributed by atoms with Gasteiger partial charge in [-0.1, -0.05) is 68.4 Å². The minimum atomic E-state index is -0.468. The summed E-state index contributed by atoms with van der Waals surface area (Å²) in [6.07, 6.45) is 0.166. The molecule has 0 amide bonds. The summed E-state index contributed by atoms with van der Waals surface area (Å²) in [5.74, 6) is 0.778. The van der Waals surface area contributed by atoms with E-state index in [2.05, 4.69) is 65.6 Å². The molecule has 1 atom stereocenters. The van der Waals surface area contributed by atoms with E-state index in [1.807, 2.05) is 30.3 Å². The maximum atomic E-state index is 10.3. The van der Waals surface area contributed by atoms with Crippen molar-refractivity contribution < 1.29 is 5.11 Å². The largest absolute Gasteiger partial charge is 0.388 e. The normalized spacial score (nSPS) is 12.8. The van der Waals surface area contributed by atoms with Gasteiger partial charge >= 0.3 is 0 Å². The molecular weight excluding hydrogens is 360 g/mol.